The Hall–Kier alpha value is -4.33. The number of aromatic amines is 1. The lowest BCUT2D eigenvalue weighted by Crippen LogP contribution is -2.48. The smallest absolute Gasteiger partial charge is 0.326 e. The predicted octanol–water partition coefficient (Wildman–Crippen LogP) is 4.06. The SMILES string of the molecule is C#Cc1cc(C[C@@H](CC(=O)N2CCC(n3c(=O)[nH]c4c5ccccc5ncc43)CC2)C(=O)N2CCC(N(C)C)CC2)cc(Cl)c1N. The van der Waals surface area contributed by atoms with E-state index in [9.17, 15) is 14.4 Å². The van der Waals surface area contributed by atoms with Gasteiger partial charge in [-0.05, 0) is 70.0 Å². The lowest BCUT2D eigenvalue weighted by molar-refractivity contribution is -0.142. The van der Waals surface area contributed by atoms with Gasteiger partial charge in [0.05, 0.1) is 39.4 Å². The van der Waals surface area contributed by atoms with Crippen LogP contribution in [0.15, 0.2) is 47.4 Å². The first-order chi connectivity index (χ1) is 22.1. The number of pyridine rings is 1. The Morgan fingerprint density at radius 3 is 2.50 bits per heavy atom. The fourth-order valence-electron chi connectivity index (χ4n) is 7.10. The van der Waals surface area contributed by atoms with Gasteiger partial charge in [0.15, 0.2) is 0 Å². The molecule has 0 aliphatic carbocycles. The van der Waals surface area contributed by atoms with Crippen LogP contribution in [0.25, 0.3) is 21.9 Å². The van der Waals surface area contributed by atoms with E-state index in [0.717, 1.165) is 40.3 Å². The van der Waals surface area contributed by atoms with E-state index in [-0.39, 0.29) is 30.0 Å². The van der Waals surface area contributed by atoms with Crippen LogP contribution in [0.2, 0.25) is 5.02 Å². The lowest BCUT2D eigenvalue weighted by Gasteiger charge is -2.37. The summed E-state index contributed by atoms with van der Waals surface area (Å²) < 4.78 is 1.79. The van der Waals surface area contributed by atoms with Crippen LogP contribution < -0.4 is 11.4 Å². The molecule has 2 saturated heterocycles. The number of nitrogens with two attached hydrogens (primary N) is 1. The molecule has 10 nitrogen and oxygen atoms in total. The second-order valence-corrected chi connectivity index (χ2v) is 13.2. The van der Waals surface area contributed by atoms with Gasteiger partial charge in [0.2, 0.25) is 11.8 Å². The zero-order valence-electron chi connectivity index (χ0n) is 26.3. The molecular weight excluding hydrogens is 602 g/mol. The number of halogens is 1. The Balaban J connectivity index is 1.17. The molecule has 0 spiro atoms. The van der Waals surface area contributed by atoms with Crippen LogP contribution in [0.1, 0.15) is 49.3 Å². The highest BCUT2D eigenvalue weighted by atomic mass is 35.5. The lowest BCUT2D eigenvalue weighted by atomic mass is 9.91. The zero-order valence-corrected chi connectivity index (χ0v) is 27.1. The molecule has 2 aliphatic heterocycles. The van der Waals surface area contributed by atoms with Crippen molar-refractivity contribution in [2.45, 2.75) is 50.6 Å². The van der Waals surface area contributed by atoms with Crippen molar-refractivity contribution in [3.8, 4) is 12.3 Å². The number of aromatic nitrogens is 3. The first kappa shape index (κ1) is 31.6. The van der Waals surface area contributed by atoms with E-state index >= 15 is 0 Å². The van der Waals surface area contributed by atoms with E-state index in [2.05, 4.69) is 34.9 Å². The standard InChI is InChI=1S/C35H40ClN7O3/c1-4-23-17-22(19-28(36)32(23)37)18-24(34(45)42-15-9-25(10-16-42)40(2)3)20-31(44)41-13-11-26(12-14-41)43-30-21-38-29-8-6-5-7-27(29)33(30)39-35(43)46/h1,5-8,17,19,21,24-26H,9-16,18,20,37H2,2-3H3,(H,39,46)/t24-/m0/s1. The molecule has 2 aromatic heterocycles. The van der Waals surface area contributed by atoms with E-state index < -0.39 is 5.92 Å². The second kappa shape index (κ2) is 13.2. The summed E-state index contributed by atoms with van der Waals surface area (Å²) in [6, 6.07) is 11.6. The Morgan fingerprint density at radius 1 is 1.11 bits per heavy atom. The summed E-state index contributed by atoms with van der Waals surface area (Å²) in [5.41, 5.74) is 9.84. The molecule has 0 saturated carbocycles. The summed E-state index contributed by atoms with van der Waals surface area (Å²) in [5.74, 6) is 1.91. The Kier molecular flexibility index (Phi) is 9.07. The van der Waals surface area contributed by atoms with E-state index in [1.165, 1.54) is 0 Å². The fourth-order valence-corrected chi connectivity index (χ4v) is 7.34. The van der Waals surface area contributed by atoms with Crippen LogP contribution in [-0.2, 0) is 16.0 Å². The first-order valence-corrected chi connectivity index (χ1v) is 16.3. The number of nitrogens with zero attached hydrogens (tertiary/aromatic N) is 5. The summed E-state index contributed by atoms with van der Waals surface area (Å²) >= 11 is 6.39. The Labute approximate surface area is 273 Å². The van der Waals surface area contributed by atoms with Crippen LogP contribution in [0.3, 0.4) is 0 Å². The van der Waals surface area contributed by atoms with Crippen LogP contribution in [0.5, 0.6) is 0 Å². The summed E-state index contributed by atoms with van der Waals surface area (Å²) in [6.07, 6.45) is 10.9. The number of likely N-dealkylation sites (tertiary alicyclic amines) is 2. The summed E-state index contributed by atoms with van der Waals surface area (Å²) in [5, 5.41) is 1.24. The molecule has 0 unspecified atom stereocenters. The third-order valence-electron chi connectivity index (χ3n) is 9.75. The fraction of sp³-hybridized carbons (Fsp3) is 0.429. The number of hydrogen-bond acceptors (Lipinski definition) is 6. The highest BCUT2D eigenvalue weighted by Crippen LogP contribution is 2.30. The van der Waals surface area contributed by atoms with Crippen molar-refractivity contribution in [1.82, 2.24) is 29.2 Å². The van der Waals surface area contributed by atoms with Crippen LogP contribution in [0.4, 0.5) is 5.69 Å². The topological polar surface area (TPSA) is 121 Å². The number of fused-ring (bicyclic) bond motifs is 3. The number of para-hydroxylation sites is 1. The highest BCUT2D eigenvalue weighted by Gasteiger charge is 2.33. The minimum absolute atomic E-state index is 0.0271. The van der Waals surface area contributed by atoms with Crippen molar-refractivity contribution >= 4 is 51.0 Å². The largest absolute Gasteiger partial charge is 0.397 e. The van der Waals surface area contributed by atoms with Crippen LogP contribution >= 0.6 is 11.6 Å². The molecule has 2 amide bonds. The summed E-state index contributed by atoms with van der Waals surface area (Å²) in [6.45, 7) is 2.29. The molecule has 46 heavy (non-hydrogen) atoms. The number of benzene rings is 2. The highest BCUT2D eigenvalue weighted by molar-refractivity contribution is 6.33. The van der Waals surface area contributed by atoms with Crippen LogP contribution in [0, 0.1) is 18.3 Å². The maximum absolute atomic E-state index is 14.0. The number of carbonyl (C=O) groups excluding carboxylic acids is 2. The third kappa shape index (κ3) is 6.22. The molecule has 1 atom stereocenters. The number of carbonyl (C=O) groups is 2. The Morgan fingerprint density at radius 2 is 1.80 bits per heavy atom. The zero-order chi connectivity index (χ0) is 32.5. The van der Waals surface area contributed by atoms with Crippen molar-refractivity contribution in [3.05, 3.63) is 69.2 Å². The molecule has 0 radical (unpaired) electrons. The maximum Gasteiger partial charge on any atom is 0.326 e. The Bertz CT molecular complexity index is 1870. The van der Waals surface area contributed by atoms with Gasteiger partial charge < -0.3 is 25.4 Å². The van der Waals surface area contributed by atoms with Crippen molar-refractivity contribution in [1.29, 1.82) is 0 Å². The number of nitrogens with one attached hydrogen (secondary N) is 1. The van der Waals surface area contributed by atoms with E-state index in [0.29, 0.717) is 67.8 Å². The van der Waals surface area contributed by atoms with Crippen molar-refractivity contribution in [2.24, 2.45) is 5.92 Å². The average molecular weight is 642 g/mol. The van der Waals surface area contributed by atoms with Gasteiger partial charge in [0, 0.05) is 55.6 Å². The van der Waals surface area contributed by atoms with Gasteiger partial charge in [0.1, 0.15) is 0 Å². The molecule has 4 aromatic rings. The van der Waals surface area contributed by atoms with Gasteiger partial charge in [-0.1, -0.05) is 35.7 Å². The quantitative estimate of drug-likeness (QED) is 0.232. The number of anilines is 1. The van der Waals surface area contributed by atoms with E-state index in [1.54, 1.807) is 22.9 Å². The predicted molar refractivity (Wildman–Crippen MR) is 182 cm³/mol. The van der Waals surface area contributed by atoms with Crippen molar-refractivity contribution in [2.75, 3.05) is 46.0 Å². The molecule has 11 heteroatoms. The molecule has 2 aromatic carbocycles. The van der Waals surface area contributed by atoms with Crippen molar-refractivity contribution in [3.63, 3.8) is 0 Å². The first-order valence-electron chi connectivity index (χ1n) is 15.9. The molecule has 2 fully saturated rings. The molecule has 240 valence electrons. The number of hydrogen-bond donors (Lipinski definition) is 2. The number of rotatable bonds is 7. The molecular formula is C35H40ClN7O3. The maximum atomic E-state index is 14.0. The van der Waals surface area contributed by atoms with E-state index in [1.807, 2.05) is 34.1 Å². The molecule has 0 bridgehead atoms. The second-order valence-electron chi connectivity index (χ2n) is 12.8. The number of nitrogen functional groups attached to an aromatic ring is 1. The molecule has 2 aliphatic rings. The van der Waals surface area contributed by atoms with Crippen molar-refractivity contribution < 1.29 is 9.59 Å². The van der Waals surface area contributed by atoms with Gasteiger partial charge in [-0.3, -0.25) is 19.1 Å². The summed E-state index contributed by atoms with van der Waals surface area (Å²) in [4.78, 5) is 54.4. The summed E-state index contributed by atoms with van der Waals surface area (Å²) in [7, 11) is 4.13. The number of H-pyrrole nitrogens is 1. The van der Waals surface area contributed by atoms with Crippen LogP contribution in [-0.4, -0.2) is 87.4 Å². The average Bonchev–Trinajstić information content (AvgIpc) is 3.41. The number of piperidine rings is 2. The van der Waals surface area contributed by atoms with E-state index in [4.69, 9.17) is 23.8 Å². The number of amides is 2. The molecule has 4 heterocycles. The molecule has 6 rings (SSSR count). The number of terminal acetylenes is 1. The van der Waals surface area contributed by atoms with Gasteiger partial charge >= 0.3 is 5.69 Å². The van der Waals surface area contributed by atoms with Gasteiger partial charge in [-0.15, -0.1) is 6.42 Å². The monoisotopic (exact) mass is 641 g/mol. The van der Waals surface area contributed by atoms with Gasteiger partial charge in [0.25, 0.3) is 0 Å². The third-order valence-corrected chi connectivity index (χ3v) is 10.1. The van der Waals surface area contributed by atoms with Gasteiger partial charge in [-0.25, -0.2) is 4.79 Å². The number of imidazole rings is 1. The molecule has 3 N–H and O–H groups in total. The normalized spacial score (nSPS) is 17.1. The minimum Gasteiger partial charge on any atom is -0.397 e. The van der Waals surface area contributed by atoms with Gasteiger partial charge in [-0.2, -0.15) is 0 Å². The minimum atomic E-state index is -0.568.